The molecule has 0 N–H and O–H groups in total. The molecule has 4 atom stereocenters. The van der Waals surface area contributed by atoms with Crippen LogP contribution in [0, 0.1) is 17.2 Å². The van der Waals surface area contributed by atoms with Crippen LogP contribution in [0.15, 0.2) is 12.1 Å². The van der Waals surface area contributed by atoms with Crippen molar-refractivity contribution in [2.45, 2.75) is 49.0 Å². The molecule has 2 aliphatic carbocycles. The molecule has 2 bridgehead atoms. The van der Waals surface area contributed by atoms with Crippen molar-refractivity contribution in [2.24, 2.45) is 5.92 Å². The number of rotatable bonds is 0. The first-order valence-electron chi connectivity index (χ1n) is 9.41. The predicted molar refractivity (Wildman–Crippen MR) is 89.3 cm³/mol. The molecule has 6 rings (SSSR count). The third kappa shape index (κ3) is 1.51. The van der Waals surface area contributed by atoms with Gasteiger partial charge in [0.2, 0.25) is 5.79 Å². The summed E-state index contributed by atoms with van der Waals surface area (Å²) >= 11 is 0. The molecule has 130 valence electrons. The summed E-state index contributed by atoms with van der Waals surface area (Å²) in [6.07, 6.45) is 3.98. The van der Waals surface area contributed by atoms with E-state index in [0.717, 1.165) is 38.0 Å². The van der Waals surface area contributed by atoms with E-state index in [1.54, 1.807) is 0 Å². The minimum atomic E-state index is -0.628. The van der Waals surface area contributed by atoms with E-state index in [4.69, 9.17) is 14.2 Å². The normalized spacial score (nSPS) is 39.8. The SMILES string of the molecule is CN1CC[C@@]23c4c5ccc(C#N)c4O[C@@H]2C2(CC[C@@H]3[C@@H]1C5)OCCO2. The molecule has 5 nitrogen and oxygen atoms in total. The molecule has 2 spiro atoms. The van der Waals surface area contributed by atoms with E-state index in [-0.39, 0.29) is 11.5 Å². The topological polar surface area (TPSA) is 54.7 Å². The molecule has 0 unspecified atom stereocenters. The van der Waals surface area contributed by atoms with E-state index in [1.807, 2.05) is 6.07 Å². The van der Waals surface area contributed by atoms with E-state index in [0.29, 0.717) is 30.7 Å². The van der Waals surface area contributed by atoms with Crippen molar-refractivity contribution in [2.75, 3.05) is 26.8 Å². The number of likely N-dealkylation sites (tertiary alicyclic amines) is 1. The molecule has 0 aromatic heterocycles. The molecule has 1 aromatic carbocycles. The standard InChI is InChI=1S/C20H22N2O3/c1-22-7-6-19-14-4-5-20(23-8-9-24-20)18(19)25-17-13(11-21)3-2-12(16(17)19)10-15(14)22/h2-3,14-15,18H,4-10H2,1H3/t14-,15+,18+,19-/m1/s1. The number of likely N-dealkylation sites (N-methyl/N-ethyl adjacent to an activating group) is 1. The zero-order chi connectivity index (χ0) is 16.8. The lowest BCUT2D eigenvalue weighted by Crippen LogP contribution is -2.69. The van der Waals surface area contributed by atoms with Crippen LogP contribution in [0.4, 0.5) is 0 Å². The first-order chi connectivity index (χ1) is 12.2. The Hall–Kier alpha value is -1.61. The zero-order valence-corrected chi connectivity index (χ0v) is 14.5. The molecule has 0 radical (unpaired) electrons. The Morgan fingerprint density at radius 3 is 2.88 bits per heavy atom. The van der Waals surface area contributed by atoms with Gasteiger partial charge in [-0.05, 0) is 50.4 Å². The van der Waals surface area contributed by atoms with Gasteiger partial charge in [-0.2, -0.15) is 5.26 Å². The molecule has 3 fully saturated rings. The van der Waals surface area contributed by atoms with Crippen molar-refractivity contribution < 1.29 is 14.2 Å². The minimum absolute atomic E-state index is 0.0600. The maximum atomic E-state index is 9.63. The van der Waals surface area contributed by atoms with Crippen molar-refractivity contribution in [1.29, 1.82) is 5.26 Å². The highest BCUT2D eigenvalue weighted by Gasteiger charge is 2.71. The highest BCUT2D eigenvalue weighted by Crippen LogP contribution is 2.65. The maximum absolute atomic E-state index is 9.63. The lowest BCUT2D eigenvalue weighted by Gasteiger charge is -2.60. The summed E-state index contributed by atoms with van der Waals surface area (Å²) in [4.78, 5) is 2.53. The Morgan fingerprint density at radius 2 is 2.08 bits per heavy atom. The molecule has 1 saturated carbocycles. The van der Waals surface area contributed by atoms with Crippen LogP contribution in [0.25, 0.3) is 0 Å². The Bertz CT molecular complexity index is 810. The Labute approximate surface area is 147 Å². The lowest BCUT2D eigenvalue weighted by molar-refractivity contribution is -0.260. The van der Waals surface area contributed by atoms with Crippen LogP contribution in [-0.2, 0) is 21.3 Å². The number of fused-ring (bicyclic) bond motifs is 1. The molecule has 25 heavy (non-hydrogen) atoms. The number of nitriles is 1. The fourth-order valence-corrected chi connectivity index (χ4v) is 6.58. The summed E-state index contributed by atoms with van der Waals surface area (Å²) in [5.74, 6) is 0.743. The van der Waals surface area contributed by atoms with Gasteiger partial charge < -0.3 is 19.1 Å². The number of hydrogen-bond donors (Lipinski definition) is 0. The van der Waals surface area contributed by atoms with Crippen LogP contribution in [0.3, 0.4) is 0 Å². The zero-order valence-electron chi connectivity index (χ0n) is 14.5. The summed E-state index contributed by atoms with van der Waals surface area (Å²) in [6, 6.07) is 6.98. The van der Waals surface area contributed by atoms with Gasteiger partial charge in [0, 0.05) is 23.4 Å². The highest BCUT2D eigenvalue weighted by atomic mass is 16.8. The van der Waals surface area contributed by atoms with Gasteiger partial charge in [0.25, 0.3) is 0 Å². The Kier molecular flexibility index (Phi) is 2.65. The second-order valence-electron chi connectivity index (χ2n) is 8.28. The number of nitrogens with zero attached hydrogens (tertiary/aromatic N) is 2. The number of benzene rings is 1. The second kappa shape index (κ2) is 4.56. The summed E-state index contributed by atoms with van der Waals surface area (Å²) in [5, 5.41) is 9.63. The van der Waals surface area contributed by atoms with E-state index < -0.39 is 5.79 Å². The minimum Gasteiger partial charge on any atom is -0.482 e. The quantitative estimate of drug-likeness (QED) is 0.724. The summed E-state index contributed by atoms with van der Waals surface area (Å²) in [7, 11) is 2.25. The molecule has 1 aromatic rings. The molecular weight excluding hydrogens is 316 g/mol. The fraction of sp³-hybridized carbons (Fsp3) is 0.650. The van der Waals surface area contributed by atoms with Crippen LogP contribution in [0.1, 0.15) is 36.0 Å². The smallest absolute Gasteiger partial charge is 0.206 e. The summed E-state index contributed by atoms with van der Waals surface area (Å²) in [6.45, 7) is 2.34. The first-order valence-corrected chi connectivity index (χ1v) is 9.41. The van der Waals surface area contributed by atoms with Crippen LogP contribution in [0.5, 0.6) is 5.75 Å². The highest BCUT2D eigenvalue weighted by molar-refractivity contribution is 5.61. The van der Waals surface area contributed by atoms with Crippen LogP contribution < -0.4 is 4.74 Å². The first kappa shape index (κ1) is 14.5. The van der Waals surface area contributed by atoms with Crippen LogP contribution in [-0.4, -0.2) is 49.6 Å². The van der Waals surface area contributed by atoms with Gasteiger partial charge in [0.15, 0.2) is 6.10 Å². The van der Waals surface area contributed by atoms with E-state index in [9.17, 15) is 5.26 Å². The van der Waals surface area contributed by atoms with Crippen molar-refractivity contribution in [3.05, 3.63) is 28.8 Å². The average molecular weight is 338 g/mol. The van der Waals surface area contributed by atoms with E-state index >= 15 is 0 Å². The molecule has 3 heterocycles. The van der Waals surface area contributed by atoms with Gasteiger partial charge in [-0.25, -0.2) is 0 Å². The Morgan fingerprint density at radius 1 is 1.24 bits per heavy atom. The maximum Gasteiger partial charge on any atom is 0.206 e. The molecule has 5 aliphatic rings. The molecule has 5 heteroatoms. The number of piperidine rings is 1. The predicted octanol–water partition coefficient (Wildman–Crippen LogP) is 1.97. The monoisotopic (exact) mass is 338 g/mol. The van der Waals surface area contributed by atoms with Gasteiger partial charge in [-0.3, -0.25) is 0 Å². The largest absolute Gasteiger partial charge is 0.482 e. The van der Waals surface area contributed by atoms with E-state index in [2.05, 4.69) is 24.1 Å². The Balaban J connectivity index is 1.64. The van der Waals surface area contributed by atoms with Crippen molar-refractivity contribution in [1.82, 2.24) is 4.90 Å². The van der Waals surface area contributed by atoms with Crippen LogP contribution >= 0.6 is 0 Å². The van der Waals surface area contributed by atoms with Crippen molar-refractivity contribution >= 4 is 0 Å². The van der Waals surface area contributed by atoms with Gasteiger partial charge in [-0.1, -0.05) is 6.07 Å². The third-order valence-corrected chi connectivity index (χ3v) is 7.51. The molecule has 0 amide bonds. The number of ether oxygens (including phenoxy) is 3. The summed E-state index contributed by atoms with van der Waals surface area (Å²) < 4.78 is 18.9. The molecule has 3 aliphatic heterocycles. The van der Waals surface area contributed by atoms with Gasteiger partial charge in [0.05, 0.1) is 18.8 Å². The van der Waals surface area contributed by atoms with Crippen molar-refractivity contribution in [3.63, 3.8) is 0 Å². The fourth-order valence-electron chi connectivity index (χ4n) is 6.58. The average Bonchev–Trinajstić information content (AvgIpc) is 3.23. The van der Waals surface area contributed by atoms with Crippen LogP contribution in [0.2, 0.25) is 0 Å². The molecule has 2 saturated heterocycles. The van der Waals surface area contributed by atoms with E-state index in [1.165, 1.54) is 11.1 Å². The van der Waals surface area contributed by atoms with Gasteiger partial charge in [0.1, 0.15) is 11.8 Å². The lowest BCUT2D eigenvalue weighted by atomic mass is 9.50. The van der Waals surface area contributed by atoms with Gasteiger partial charge >= 0.3 is 0 Å². The third-order valence-electron chi connectivity index (χ3n) is 7.51. The second-order valence-corrected chi connectivity index (χ2v) is 8.28. The summed E-state index contributed by atoms with van der Waals surface area (Å²) in [5.41, 5.74) is 3.27. The molecular formula is C20H22N2O3. The van der Waals surface area contributed by atoms with Crippen molar-refractivity contribution in [3.8, 4) is 11.8 Å². The van der Waals surface area contributed by atoms with Gasteiger partial charge in [-0.15, -0.1) is 0 Å². The number of hydrogen-bond acceptors (Lipinski definition) is 5.